The number of rotatable bonds is 1. The monoisotopic (exact) mass is 312 g/mol. The van der Waals surface area contributed by atoms with Gasteiger partial charge >= 0.3 is 6.18 Å². The normalized spacial score (nSPS) is 24.9. The maximum absolute atomic E-state index is 13.0. The Hall–Kier alpha value is -2.05. The van der Waals surface area contributed by atoms with Crippen LogP contribution in [-0.4, -0.2) is 36.3 Å². The highest BCUT2D eigenvalue weighted by atomic mass is 19.4. The van der Waals surface area contributed by atoms with Crippen molar-refractivity contribution in [2.75, 3.05) is 19.6 Å². The van der Waals surface area contributed by atoms with Crippen LogP contribution >= 0.6 is 0 Å². The number of carbonyl (C=O) groups excluding carboxylic acids is 2. The highest BCUT2D eigenvalue weighted by molar-refractivity contribution is 5.96. The summed E-state index contributed by atoms with van der Waals surface area (Å²) >= 11 is 0. The Morgan fingerprint density at radius 2 is 2.00 bits per heavy atom. The van der Waals surface area contributed by atoms with E-state index in [2.05, 4.69) is 5.32 Å². The van der Waals surface area contributed by atoms with Crippen LogP contribution in [0.3, 0.4) is 0 Å². The quantitative estimate of drug-likeness (QED) is 0.863. The van der Waals surface area contributed by atoms with Gasteiger partial charge in [-0.1, -0.05) is 12.1 Å². The number of hydrogen-bond donors (Lipinski definition) is 1. The highest BCUT2D eigenvalue weighted by Gasteiger charge is 2.46. The van der Waals surface area contributed by atoms with Crippen LogP contribution in [0.25, 0.3) is 0 Å². The number of benzene rings is 1. The third kappa shape index (κ3) is 2.55. The van der Waals surface area contributed by atoms with Crippen molar-refractivity contribution >= 4 is 11.8 Å². The maximum Gasteiger partial charge on any atom is 0.417 e. The van der Waals surface area contributed by atoms with Crippen molar-refractivity contribution in [3.8, 4) is 0 Å². The van der Waals surface area contributed by atoms with Crippen molar-refractivity contribution in [3.05, 3.63) is 35.4 Å². The number of likely N-dealkylation sites (tertiary alicyclic amines) is 1. The molecular weight excluding hydrogens is 297 g/mol. The van der Waals surface area contributed by atoms with Crippen LogP contribution < -0.4 is 5.32 Å². The van der Waals surface area contributed by atoms with E-state index in [1.165, 1.54) is 23.1 Å². The highest BCUT2D eigenvalue weighted by Crippen LogP contribution is 2.38. The van der Waals surface area contributed by atoms with Crippen molar-refractivity contribution in [1.29, 1.82) is 0 Å². The van der Waals surface area contributed by atoms with E-state index in [9.17, 15) is 22.8 Å². The molecule has 118 valence electrons. The first-order chi connectivity index (χ1) is 10.3. The van der Waals surface area contributed by atoms with Crippen molar-refractivity contribution in [2.24, 2.45) is 5.41 Å². The van der Waals surface area contributed by atoms with Crippen LogP contribution in [0.4, 0.5) is 13.2 Å². The predicted molar refractivity (Wildman–Crippen MR) is 72.0 cm³/mol. The van der Waals surface area contributed by atoms with Crippen LogP contribution in [0.1, 0.15) is 28.8 Å². The molecule has 0 aliphatic carbocycles. The lowest BCUT2D eigenvalue weighted by molar-refractivity contribution is -0.138. The fraction of sp³-hybridized carbons (Fsp3) is 0.467. The second-order valence-electron chi connectivity index (χ2n) is 5.97. The van der Waals surface area contributed by atoms with E-state index in [4.69, 9.17) is 0 Å². The summed E-state index contributed by atoms with van der Waals surface area (Å²) in [5, 5.41) is 2.73. The Morgan fingerprint density at radius 1 is 1.27 bits per heavy atom. The van der Waals surface area contributed by atoms with E-state index in [-0.39, 0.29) is 16.9 Å². The predicted octanol–water partition coefficient (Wildman–Crippen LogP) is 2.06. The average Bonchev–Trinajstić information content (AvgIpc) is 3.04. The molecule has 4 nitrogen and oxygen atoms in total. The summed E-state index contributed by atoms with van der Waals surface area (Å²) in [7, 11) is 0. The molecule has 2 fully saturated rings. The van der Waals surface area contributed by atoms with Gasteiger partial charge in [0.2, 0.25) is 5.91 Å². The van der Waals surface area contributed by atoms with E-state index in [1.807, 2.05) is 0 Å². The summed E-state index contributed by atoms with van der Waals surface area (Å²) in [6.07, 6.45) is -3.60. The first-order valence-corrected chi connectivity index (χ1v) is 7.03. The standard InChI is InChI=1S/C15H15F3N2O2/c16-15(17,18)11-4-2-1-3-10(11)13(22)20-6-5-14(9-20)7-12(21)19-8-14/h1-4H,5-9H2,(H,19,21). The van der Waals surface area contributed by atoms with Crippen molar-refractivity contribution in [2.45, 2.75) is 19.0 Å². The van der Waals surface area contributed by atoms with E-state index >= 15 is 0 Å². The molecule has 7 heteroatoms. The van der Waals surface area contributed by atoms with Gasteiger partial charge in [-0.05, 0) is 18.6 Å². The molecule has 1 atom stereocenters. The molecule has 1 spiro atoms. The number of carbonyl (C=O) groups is 2. The Bertz CT molecular complexity index is 629. The summed E-state index contributed by atoms with van der Waals surface area (Å²) in [6.45, 7) is 1.17. The minimum absolute atomic E-state index is 0.0648. The Kier molecular flexibility index (Phi) is 3.38. The summed E-state index contributed by atoms with van der Waals surface area (Å²) in [4.78, 5) is 25.3. The fourth-order valence-electron chi connectivity index (χ4n) is 3.24. The molecule has 1 N–H and O–H groups in total. The first kappa shape index (κ1) is 14.9. The smallest absolute Gasteiger partial charge is 0.355 e. The van der Waals surface area contributed by atoms with Gasteiger partial charge in [0, 0.05) is 31.5 Å². The van der Waals surface area contributed by atoms with E-state index < -0.39 is 17.6 Å². The van der Waals surface area contributed by atoms with Gasteiger partial charge in [0.1, 0.15) is 0 Å². The second kappa shape index (κ2) is 5.00. The van der Waals surface area contributed by atoms with Gasteiger partial charge in [0.15, 0.2) is 0 Å². The SMILES string of the molecule is O=C1CC2(CCN(C(=O)c3ccccc3C(F)(F)F)C2)CN1. The minimum Gasteiger partial charge on any atom is -0.355 e. The van der Waals surface area contributed by atoms with Crippen molar-refractivity contribution in [3.63, 3.8) is 0 Å². The van der Waals surface area contributed by atoms with E-state index in [0.717, 1.165) is 6.07 Å². The second-order valence-corrected chi connectivity index (χ2v) is 5.97. The number of nitrogens with one attached hydrogen (secondary N) is 1. The van der Waals surface area contributed by atoms with Crippen molar-refractivity contribution < 1.29 is 22.8 Å². The van der Waals surface area contributed by atoms with E-state index in [1.54, 1.807) is 0 Å². The first-order valence-electron chi connectivity index (χ1n) is 7.03. The molecule has 0 radical (unpaired) electrons. The fourth-order valence-corrected chi connectivity index (χ4v) is 3.24. The molecule has 22 heavy (non-hydrogen) atoms. The van der Waals surface area contributed by atoms with Crippen LogP contribution in [0, 0.1) is 5.41 Å². The summed E-state index contributed by atoms with van der Waals surface area (Å²) < 4.78 is 39.0. The molecule has 1 aromatic carbocycles. The Labute approximate surface area is 125 Å². The van der Waals surface area contributed by atoms with Crippen LogP contribution in [0.5, 0.6) is 0 Å². The molecule has 0 bridgehead atoms. The number of halogens is 3. The molecule has 0 aromatic heterocycles. The third-order valence-electron chi connectivity index (χ3n) is 4.38. The minimum atomic E-state index is -4.56. The molecule has 2 saturated heterocycles. The zero-order valence-corrected chi connectivity index (χ0v) is 11.7. The number of hydrogen-bond acceptors (Lipinski definition) is 2. The molecule has 2 aliphatic heterocycles. The van der Waals surface area contributed by atoms with Gasteiger partial charge in [0.05, 0.1) is 11.1 Å². The summed E-state index contributed by atoms with van der Waals surface area (Å²) in [6, 6.07) is 4.81. The lowest BCUT2D eigenvalue weighted by atomic mass is 9.86. The third-order valence-corrected chi connectivity index (χ3v) is 4.38. The molecule has 2 heterocycles. The van der Waals surface area contributed by atoms with Gasteiger partial charge in [-0.3, -0.25) is 9.59 Å². The molecule has 2 amide bonds. The van der Waals surface area contributed by atoms with Crippen LogP contribution in [-0.2, 0) is 11.0 Å². The Balaban J connectivity index is 1.83. The average molecular weight is 312 g/mol. The van der Waals surface area contributed by atoms with Gasteiger partial charge in [-0.15, -0.1) is 0 Å². The zero-order chi connectivity index (χ0) is 16.0. The number of nitrogens with zero attached hydrogens (tertiary/aromatic N) is 1. The lowest BCUT2D eigenvalue weighted by Crippen LogP contribution is -2.34. The lowest BCUT2D eigenvalue weighted by Gasteiger charge is -2.23. The van der Waals surface area contributed by atoms with Gasteiger partial charge in [-0.25, -0.2) is 0 Å². The molecule has 1 aromatic rings. The van der Waals surface area contributed by atoms with Gasteiger partial charge in [0.25, 0.3) is 5.91 Å². The van der Waals surface area contributed by atoms with E-state index in [0.29, 0.717) is 32.5 Å². The largest absolute Gasteiger partial charge is 0.417 e. The molecule has 0 saturated carbocycles. The zero-order valence-electron chi connectivity index (χ0n) is 11.7. The topological polar surface area (TPSA) is 49.4 Å². The number of alkyl halides is 3. The Morgan fingerprint density at radius 3 is 2.64 bits per heavy atom. The molecule has 3 rings (SSSR count). The summed E-state index contributed by atoms with van der Waals surface area (Å²) in [5.41, 5.74) is -1.56. The molecule has 2 aliphatic rings. The van der Waals surface area contributed by atoms with Crippen molar-refractivity contribution in [1.82, 2.24) is 10.2 Å². The van der Waals surface area contributed by atoms with Gasteiger partial charge < -0.3 is 10.2 Å². The van der Waals surface area contributed by atoms with Gasteiger partial charge in [-0.2, -0.15) is 13.2 Å². The molecular formula is C15H15F3N2O2. The summed E-state index contributed by atoms with van der Waals surface area (Å²) in [5.74, 6) is -0.686. The molecule has 1 unspecified atom stereocenters. The van der Waals surface area contributed by atoms with Crippen LogP contribution in [0.2, 0.25) is 0 Å². The van der Waals surface area contributed by atoms with Crippen LogP contribution in [0.15, 0.2) is 24.3 Å². The number of amides is 2. The maximum atomic E-state index is 13.0.